The Balaban J connectivity index is 2.03. The molecule has 0 unspecified atom stereocenters. The lowest BCUT2D eigenvalue weighted by atomic mass is 10.2. The minimum Gasteiger partial charge on any atom is -0.508 e. The number of nitrogens with zero attached hydrogens (tertiary/aromatic N) is 4. The van der Waals surface area contributed by atoms with Crippen LogP contribution >= 0.6 is 0 Å². The van der Waals surface area contributed by atoms with Crippen molar-refractivity contribution in [2.45, 2.75) is 13.5 Å². The van der Waals surface area contributed by atoms with Crippen molar-refractivity contribution in [3.63, 3.8) is 0 Å². The molecule has 22 heavy (non-hydrogen) atoms. The molecule has 0 saturated heterocycles. The number of H-pyrrole nitrogens is 1. The molecule has 0 bridgehead atoms. The summed E-state index contributed by atoms with van der Waals surface area (Å²) < 4.78 is 1.80. The molecular weight excluding hydrogens is 280 g/mol. The molecule has 3 aromatic heterocycles. The Kier molecular flexibility index (Phi) is 2.56. The maximum Gasteiger partial charge on any atom is 0.164 e. The van der Waals surface area contributed by atoms with Crippen LogP contribution in [0.5, 0.6) is 5.75 Å². The molecule has 0 saturated carbocycles. The molecule has 110 valence electrons. The SMILES string of the molecule is CCn1nc(-c2cc3cc(O)ccc3[nH]2)c2c(N)ncnc21. The second kappa shape index (κ2) is 4.45. The van der Waals surface area contributed by atoms with Gasteiger partial charge in [-0.1, -0.05) is 0 Å². The summed E-state index contributed by atoms with van der Waals surface area (Å²) in [6.45, 7) is 2.69. The van der Waals surface area contributed by atoms with Gasteiger partial charge in [-0.2, -0.15) is 5.10 Å². The van der Waals surface area contributed by atoms with Crippen molar-refractivity contribution in [2.24, 2.45) is 0 Å². The van der Waals surface area contributed by atoms with Crippen molar-refractivity contribution in [1.29, 1.82) is 0 Å². The summed E-state index contributed by atoms with van der Waals surface area (Å²) in [5.41, 5.74) is 9.19. The van der Waals surface area contributed by atoms with Gasteiger partial charge in [0.05, 0.1) is 11.1 Å². The smallest absolute Gasteiger partial charge is 0.164 e. The van der Waals surface area contributed by atoms with Crippen LogP contribution in [0, 0.1) is 0 Å². The molecule has 3 heterocycles. The largest absolute Gasteiger partial charge is 0.508 e. The number of fused-ring (bicyclic) bond motifs is 2. The highest BCUT2D eigenvalue weighted by Crippen LogP contribution is 2.32. The van der Waals surface area contributed by atoms with E-state index in [1.165, 1.54) is 6.33 Å². The van der Waals surface area contributed by atoms with Gasteiger partial charge in [-0.05, 0) is 31.2 Å². The van der Waals surface area contributed by atoms with Crippen LogP contribution in [0.1, 0.15) is 6.92 Å². The normalized spacial score (nSPS) is 11.5. The van der Waals surface area contributed by atoms with E-state index in [-0.39, 0.29) is 5.75 Å². The number of nitrogens with one attached hydrogen (secondary N) is 1. The van der Waals surface area contributed by atoms with Crippen molar-refractivity contribution < 1.29 is 5.11 Å². The highest BCUT2D eigenvalue weighted by Gasteiger charge is 2.17. The van der Waals surface area contributed by atoms with Gasteiger partial charge < -0.3 is 15.8 Å². The highest BCUT2D eigenvalue weighted by atomic mass is 16.3. The second-order valence-corrected chi connectivity index (χ2v) is 5.08. The third kappa shape index (κ3) is 1.72. The average Bonchev–Trinajstić information content (AvgIpc) is 3.08. The van der Waals surface area contributed by atoms with Crippen molar-refractivity contribution in [2.75, 3.05) is 5.73 Å². The number of nitrogen functional groups attached to an aromatic ring is 1. The lowest BCUT2D eigenvalue weighted by Crippen LogP contribution is -1.98. The minimum atomic E-state index is 0.227. The molecule has 1 aromatic carbocycles. The number of aromatic hydroxyl groups is 1. The van der Waals surface area contributed by atoms with Gasteiger partial charge in [-0.25, -0.2) is 14.6 Å². The Labute approximate surface area is 125 Å². The summed E-state index contributed by atoms with van der Waals surface area (Å²) in [5, 5.41) is 15.8. The standard InChI is InChI=1S/C15H14N6O/c1-2-21-15-12(14(16)17-7-18-15)13(20-21)11-6-8-5-9(22)3-4-10(8)19-11/h3-7,19,22H,2H2,1H3,(H2,16,17,18). The fourth-order valence-electron chi connectivity index (χ4n) is 2.69. The first-order valence-electron chi connectivity index (χ1n) is 6.96. The Morgan fingerprint density at radius 3 is 2.95 bits per heavy atom. The zero-order valence-corrected chi connectivity index (χ0v) is 11.9. The second-order valence-electron chi connectivity index (χ2n) is 5.08. The maximum atomic E-state index is 9.59. The molecule has 0 atom stereocenters. The number of aromatic amines is 1. The number of hydrogen-bond acceptors (Lipinski definition) is 5. The van der Waals surface area contributed by atoms with E-state index in [1.54, 1.807) is 16.8 Å². The third-order valence-electron chi connectivity index (χ3n) is 3.72. The van der Waals surface area contributed by atoms with Crippen LogP contribution in [-0.2, 0) is 6.54 Å². The van der Waals surface area contributed by atoms with Crippen molar-refractivity contribution >= 4 is 27.8 Å². The van der Waals surface area contributed by atoms with Gasteiger partial charge in [-0.3, -0.25) is 0 Å². The van der Waals surface area contributed by atoms with Crippen LogP contribution < -0.4 is 5.73 Å². The van der Waals surface area contributed by atoms with Gasteiger partial charge in [0.2, 0.25) is 0 Å². The van der Waals surface area contributed by atoms with Crippen LogP contribution in [0.3, 0.4) is 0 Å². The summed E-state index contributed by atoms with van der Waals surface area (Å²) in [7, 11) is 0. The lowest BCUT2D eigenvalue weighted by Gasteiger charge is -1.97. The Bertz CT molecular complexity index is 1000. The molecule has 0 radical (unpaired) electrons. The van der Waals surface area contributed by atoms with Gasteiger partial charge in [0.1, 0.15) is 23.6 Å². The first-order chi connectivity index (χ1) is 10.7. The molecule has 0 aliphatic carbocycles. The van der Waals surface area contributed by atoms with E-state index in [4.69, 9.17) is 5.73 Å². The number of benzene rings is 1. The first-order valence-corrected chi connectivity index (χ1v) is 6.96. The van der Waals surface area contributed by atoms with E-state index in [1.807, 2.05) is 19.1 Å². The summed E-state index contributed by atoms with van der Waals surface area (Å²) in [6, 6.07) is 7.10. The molecule has 4 rings (SSSR count). The number of phenolic OH excluding ortho intramolecular Hbond substituents is 1. The van der Waals surface area contributed by atoms with E-state index in [0.717, 1.165) is 22.0 Å². The molecule has 0 aliphatic rings. The number of aryl methyl sites for hydroxylation is 1. The molecule has 0 aliphatic heterocycles. The number of phenols is 1. The van der Waals surface area contributed by atoms with Crippen LogP contribution in [0.2, 0.25) is 0 Å². The average molecular weight is 294 g/mol. The van der Waals surface area contributed by atoms with Gasteiger partial charge in [0.15, 0.2) is 5.65 Å². The van der Waals surface area contributed by atoms with Gasteiger partial charge >= 0.3 is 0 Å². The molecular formula is C15H14N6O. The van der Waals surface area contributed by atoms with E-state index < -0.39 is 0 Å². The van der Waals surface area contributed by atoms with Gasteiger partial charge in [0, 0.05) is 17.4 Å². The van der Waals surface area contributed by atoms with Gasteiger partial charge in [0.25, 0.3) is 0 Å². The summed E-state index contributed by atoms with van der Waals surface area (Å²) in [6.07, 6.45) is 1.44. The van der Waals surface area contributed by atoms with Gasteiger partial charge in [-0.15, -0.1) is 0 Å². The predicted octanol–water partition coefficient (Wildman–Crippen LogP) is 2.28. The number of anilines is 1. The van der Waals surface area contributed by atoms with Crippen LogP contribution in [0.15, 0.2) is 30.6 Å². The third-order valence-corrected chi connectivity index (χ3v) is 3.72. The number of hydrogen-bond donors (Lipinski definition) is 3. The quantitative estimate of drug-likeness (QED) is 0.526. The van der Waals surface area contributed by atoms with Crippen molar-refractivity contribution in [1.82, 2.24) is 24.7 Å². The van der Waals surface area contributed by atoms with Crippen molar-refractivity contribution in [3.8, 4) is 17.1 Å². The fraction of sp³-hybridized carbons (Fsp3) is 0.133. The van der Waals surface area contributed by atoms with E-state index in [0.29, 0.717) is 23.7 Å². The lowest BCUT2D eigenvalue weighted by molar-refractivity contribution is 0.476. The van der Waals surface area contributed by atoms with Crippen LogP contribution in [-0.4, -0.2) is 29.8 Å². The number of nitrogens with two attached hydrogens (primary N) is 1. The zero-order chi connectivity index (χ0) is 15.3. The van der Waals surface area contributed by atoms with E-state index in [2.05, 4.69) is 20.1 Å². The molecule has 7 nitrogen and oxygen atoms in total. The topological polar surface area (TPSA) is 106 Å². The van der Waals surface area contributed by atoms with Crippen LogP contribution in [0.25, 0.3) is 33.3 Å². The monoisotopic (exact) mass is 294 g/mol. The summed E-state index contributed by atoms with van der Waals surface area (Å²) in [4.78, 5) is 11.6. The van der Waals surface area contributed by atoms with E-state index in [9.17, 15) is 5.11 Å². The van der Waals surface area contributed by atoms with E-state index >= 15 is 0 Å². The minimum absolute atomic E-state index is 0.227. The molecule has 0 spiro atoms. The molecule has 0 fully saturated rings. The molecule has 7 heteroatoms. The van der Waals surface area contributed by atoms with Crippen LogP contribution in [0.4, 0.5) is 5.82 Å². The summed E-state index contributed by atoms with van der Waals surface area (Å²) >= 11 is 0. The predicted molar refractivity (Wildman–Crippen MR) is 84.4 cm³/mol. The first kappa shape index (κ1) is 12.6. The molecule has 0 amide bonds. The Hall–Kier alpha value is -3.09. The molecule has 4 N–H and O–H groups in total. The number of aromatic nitrogens is 5. The Morgan fingerprint density at radius 2 is 2.14 bits per heavy atom. The Morgan fingerprint density at radius 1 is 1.27 bits per heavy atom. The molecule has 4 aromatic rings. The maximum absolute atomic E-state index is 9.59. The fourth-order valence-corrected chi connectivity index (χ4v) is 2.69. The number of rotatable bonds is 2. The van der Waals surface area contributed by atoms with Crippen molar-refractivity contribution in [3.05, 3.63) is 30.6 Å². The summed E-state index contributed by atoms with van der Waals surface area (Å²) in [5.74, 6) is 0.631. The zero-order valence-electron chi connectivity index (χ0n) is 11.9. The highest BCUT2D eigenvalue weighted by molar-refractivity contribution is 5.99.